The number of carbonyl (C=O) groups is 1. The molecule has 2 N–H and O–H groups in total. The standard InChI is InChI=1S/C9H7IN2O/c1-5-7(9(12)13)2-6(4-11)3-8(5)10/h2-3H,1H3,(H2,12,13). The molecule has 0 bridgehead atoms. The van der Waals surface area contributed by atoms with Gasteiger partial charge in [-0.1, -0.05) is 0 Å². The Bertz CT molecular complexity index is 407. The zero-order valence-electron chi connectivity index (χ0n) is 6.97. The predicted octanol–water partition coefficient (Wildman–Crippen LogP) is 1.57. The van der Waals surface area contributed by atoms with E-state index in [1.165, 1.54) is 6.07 Å². The van der Waals surface area contributed by atoms with Crippen molar-refractivity contribution in [1.29, 1.82) is 5.26 Å². The first-order chi connectivity index (χ1) is 6.06. The number of amides is 1. The summed E-state index contributed by atoms with van der Waals surface area (Å²) in [6.07, 6.45) is 0. The maximum Gasteiger partial charge on any atom is 0.249 e. The second-order valence-corrected chi connectivity index (χ2v) is 3.77. The number of halogens is 1. The van der Waals surface area contributed by atoms with E-state index in [0.29, 0.717) is 11.1 Å². The monoisotopic (exact) mass is 286 g/mol. The van der Waals surface area contributed by atoms with Crippen LogP contribution in [0.3, 0.4) is 0 Å². The van der Waals surface area contributed by atoms with Crippen molar-refractivity contribution in [3.05, 3.63) is 32.4 Å². The number of carbonyl (C=O) groups excluding carboxylic acids is 1. The molecule has 3 nitrogen and oxygen atoms in total. The van der Waals surface area contributed by atoms with Crippen molar-refractivity contribution < 1.29 is 4.79 Å². The summed E-state index contributed by atoms with van der Waals surface area (Å²) in [7, 11) is 0. The summed E-state index contributed by atoms with van der Waals surface area (Å²) in [5, 5.41) is 8.65. The lowest BCUT2D eigenvalue weighted by Crippen LogP contribution is -2.13. The lowest BCUT2D eigenvalue weighted by atomic mass is 10.1. The second kappa shape index (κ2) is 3.75. The Balaban J connectivity index is 3.44. The minimum atomic E-state index is -0.493. The number of rotatable bonds is 1. The molecule has 0 aliphatic carbocycles. The summed E-state index contributed by atoms with van der Waals surface area (Å²) in [4.78, 5) is 11.0. The molecule has 1 amide bonds. The number of nitrogens with zero attached hydrogens (tertiary/aromatic N) is 1. The first-order valence-electron chi connectivity index (χ1n) is 3.56. The SMILES string of the molecule is Cc1c(I)cc(C#N)cc1C(N)=O. The number of nitrogens with two attached hydrogens (primary N) is 1. The fraction of sp³-hybridized carbons (Fsp3) is 0.111. The Labute approximate surface area is 89.7 Å². The molecule has 0 fully saturated rings. The van der Waals surface area contributed by atoms with Gasteiger partial charge in [0.2, 0.25) is 5.91 Å². The molecule has 0 radical (unpaired) electrons. The molecule has 66 valence electrons. The normalized spacial score (nSPS) is 9.31. The minimum Gasteiger partial charge on any atom is -0.366 e. The Hall–Kier alpha value is -1.09. The third-order valence-corrected chi connectivity index (χ3v) is 2.86. The quantitative estimate of drug-likeness (QED) is 0.796. The van der Waals surface area contributed by atoms with Gasteiger partial charge in [-0.3, -0.25) is 4.79 Å². The molecular weight excluding hydrogens is 279 g/mol. The van der Waals surface area contributed by atoms with Crippen molar-refractivity contribution in [1.82, 2.24) is 0 Å². The van der Waals surface area contributed by atoms with Gasteiger partial charge in [0.05, 0.1) is 11.6 Å². The second-order valence-electron chi connectivity index (χ2n) is 2.61. The third-order valence-electron chi connectivity index (χ3n) is 1.74. The van der Waals surface area contributed by atoms with Gasteiger partial charge in [0.25, 0.3) is 0 Å². The van der Waals surface area contributed by atoms with Crippen molar-refractivity contribution in [2.75, 3.05) is 0 Å². The summed E-state index contributed by atoms with van der Waals surface area (Å²) in [6.45, 7) is 1.81. The van der Waals surface area contributed by atoms with Crippen LogP contribution in [0.15, 0.2) is 12.1 Å². The van der Waals surface area contributed by atoms with E-state index in [9.17, 15) is 4.79 Å². The van der Waals surface area contributed by atoms with Gasteiger partial charge >= 0.3 is 0 Å². The van der Waals surface area contributed by atoms with E-state index >= 15 is 0 Å². The number of benzene rings is 1. The lowest BCUT2D eigenvalue weighted by Gasteiger charge is -2.04. The summed E-state index contributed by atoms with van der Waals surface area (Å²) < 4.78 is 0.880. The van der Waals surface area contributed by atoms with Crippen LogP contribution in [0.25, 0.3) is 0 Å². The molecule has 4 heteroatoms. The van der Waals surface area contributed by atoms with Gasteiger partial charge in [0, 0.05) is 9.13 Å². The van der Waals surface area contributed by atoms with E-state index in [4.69, 9.17) is 11.0 Å². The minimum absolute atomic E-state index is 0.420. The Morgan fingerprint density at radius 1 is 1.62 bits per heavy atom. The molecular formula is C9H7IN2O. The van der Waals surface area contributed by atoms with E-state index in [2.05, 4.69) is 22.6 Å². The molecule has 13 heavy (non-hydrogen) atoms. The largest absolute Gasteiger partial charge is 0.366 e. The van der Waals surface area contributed by atoms with Gasteiger partial charge in [0.15, 0.2) is 0 Å². The van der Waals surface area contributed by atoms with Gasteiger partial charge in [-0.05, 0) is 47.2 Å². The van der Waals surface area contributed by atoms with E-state index in [1.54, 1.807) is 6.07 Å². The van der Waals surface area contributed by atoms with E-state index in [0.717, 1.165) is 9.13 Å². The Morgan fingerprint density at radius 2 is 2.23 bits per heavy atom. The predicted molar refractivity (Wildman–Crippen MR) is 57.1 cm³/mol. The zero-order valence-corrected chi connectivity index (χ0v) is 9.12. The highest BCUT2D eigenvalue weighted by molar-refractivity contribution is 14.1. The fourth-order valence-electron chi connectivity index (χ4n) is 0.999. The number of hydrogen-bond donors (Lipinski definition) is 1. The van der Waals surface area contributed by atoms with Gasteiger partial charge in [-0.15, -0.1) is 0 Å². The van der Waals surface area contributed by atoms with Crippen LogP contribution >= 0.6 is 22.6 Å². The Morgan fingerprint density at radius 3 is 2.69 bits per heavy atom. The third kappa shape index (κ3) is 1.98. The molecule has 0 aromatic heterocycles. The van der Waals surface area contributed by atoms with E-state index in [1.807, 2.05) is 13.0 Å². The molecule has 0 heterocycles. The van der Waals surface area contributed by atoms with Crippen LogP contribution in [0.5, 0.6) is 0 Å². The van der Waals surface area contributed by atoms with E-state index < -0.39 is 5.91 Å². The van der Waals surface area contributed by atoms with Gasteiger partial charge in [-0.25, -0.2) is 0 Å². The van der Waals surface area contributed by atoms with E-state index in [-0.39, 0.29) is 0 Å². The number of hydrogen-bond acceptors (Lipinski definition) is 2. The summed E-state index contributed by atoms with van der Waals surface area (Å²) in [6, 6.07) is 5.22. The Kier molecular flexibility index (Phi) is 2.88. The highest BCUT2D eigenvalue weighted by atomic mass is 127. The molecule has 1 rings (SSSR count). The molecule has 1 aromatic rings. The lowest BCUT2D eigenvalue weighted by molar-refractivity contribution is 0.0999. The smallest absolute Gasteiger partial charge is 0.249 e. The summed E-state index contributed by atoms with van der Waals surface area (Å²) in [5.41, 5.74) is 6.86. The molecule has 0 unspecified atom stereocenters. The molecule has 0 saturated carbocycles. The highest BCUT2D eigenvalue weighted by Crippen LogP contribution is 2.18. The summed E-state index contributed by atoms with van der Waals surface area (Å²) >= 11 is 2.07. The first kappa shape index (κ1) is 9.99. The average molecular weight is 286 g/mol. The van der Waals surface area contributed by atoms with Crippen LogP contribution in [0.2, 0.25) is 0 Å². The fourth-order valence-corrected chi connectivity index (χ4v) is 1.63. The van der Waals surface area contributed by atoms with Crippen molar-refractivity contribution in [2.45, 2.75) is 6.92 Å². The average Bonchev–Trinajstić information content (AvgIpc) is 2.09. The van der Waals surface area contributed by atoms with Crippen LogP contribution in [-0.2, 0) is 0 Å². The zero-order chi connectivity index (χ0) is 10.0. The van der Waals surface area contributed by atoms with Crippen molar-refractivity contribution in [2.24, 2.45) is 5.73 Å². The van der Waals surface area contributed by atoms with Gasteiger partial charge in [0.1, 0.15) is 0 Å². The van der Waals surface area contributed by atoms with Crippen LogP contribution in [0.4, 0.5) is 0 Å². The molecule has 0 aliphatic rings. The maximum absolute atomic E-state index is 11.0. The van der Waals surface area contributed by atoms with Crippen LogP contribution in [-0.4, -0.2) is 5.91 Å². The van der Waals surface area contributed by atoms with Crippen molar-refractivity contribution in [3.63, 3.8) is 0 Å². The van der Waals surface area contributed by atoms with Gasteiger partial charge < -0.3 is 5.73 Å². The van der Waals surface area contributed by atoms with Crippen LogP contribution in [0, 0.1) is 21.8 Å². The number of primary amides is 1. The van der Waals surface area contributed by atoms with Crippen molar-refractivity contribution >= 4 is 28.5 Å². The maximum atomic E-state index is 11.0. The highest BCUT2D eigenvalue weighted by Gasteiger charge is 2.09. The summed E-state index contributed by atoms with van der Waals surface area (Å²) in [5.74, 6) is -0.493. The van der Waals surface area contributed by atoms with Gasteiger partial charge in [-0.2, -0.15) is 5.26 Å². The number of nitriles is 1. The molecule has 0 saturated heterocycles. The molecule has 0 atom stereocenters. The first-order valence-corrected chi connectivity index (χ1v) is 4.64. The van der Waals surface area contributed by atoms with Crippen LogP contribution in [0.1, 0.15) is 21.5 Å². The molecule has 0 spiro atoms. The molecule has 1 aromatic carbocycles. The topological polar surface area (TPSA) is 66.9 Å². The van der Waals surface area contributed by atoms with Crippen LogP contribution < -0.4 is 5.73 Å². The molecule has 0 aliphatic heterocycles. The van der Waals surface area contributed by atoms with Crippen molar-refractivity contribution in [3.8, 4) is 6.07 Å².